The van der Waals surface area contributed by atoms with Gasteiger partial charge in [-0.25, -0.2) is 0 Å². The number of carbonyl (C=O) groups is 2. The molecule has 1 N–H and O–H groups in total. The smallest absolute Gasteiger partial charge is 0.257 e. The minimum absolute atomic E-state index is 0.00491. The van der Waals surface area contributed by atoms with Gasteiger partial charge >= 0.3 is 0 Å². The first-order chi connectivity index (χ1) is 12.1. The average Bonchev–Trinajstić information content (AvgIpc) is 3.17. The lowest BCUT2D eigenvalue weighted by Crippen LogP contribution is -2.42. The number of nitrogens with zero attached hydrogens (tertiary/aromatic N) is 2. The summed E-state index contributed by atoms with van der Waals surface area (Å²) in [7, 11) is 0. The molecule has 0 saturated carbocycles. The summed E-state index contributed by atoms with van der Waals surface area (Å²) in [6.45, 7) is 8.33. The van der Waals surface area contributed by atoms with Gasteiger partial charge in [0.2, 0.25) is 5.91 Å². The zero-order chi connectivity index (χ0) is 18.1. The van der Waals surface area contributed by atoms with E-state index in [1.807, 2.05) is 13.8 Å². The third-order valence-electron chi connectivity index (χ3n) is 4.93. The van der Waals surface area contributed by atoms with Crippen molar-refractivity contribution in [2.24, 2.45) is 0 Å². The van der Waals surface area contributed by atoms with Gasteiger partial charge in [0.05, 0.1) is 11.8 Å². The van der Waals surface area contributed by atoms with E-state index < -0.39 is 0 Å². The molecule has 1 aliphatic rings. The van der Waals surface area contributed by atoms with Crippen LogP contribution in [0.1, 0.15) is 56.3 Å². The largest absolute Gasteiger partial charge is 0.472 e. The summed E-state index contributed by atoms with van der Waals surface area (Å²) in [5.41, 5.74) is 0.533. The lowest BCUT2D eigenvalue weighted by atomic mass is 10.1. The Morgan fingerprint density at radius 2 is 2.08 bits per heavy atom. The number of likely N-dealkylation sites (tertiary alicyclic amines) is 1. The first-order valence-electron chi connectivity index (χ1n) is 9.44. The van der Waals surface area contributed by atoms with Gasteiger partial charge in [-0.1, -0.05) is 13.3 Å². The Labute approximate surface area is 150 Å². The van der Waals surface area contributed by atoms with E-state index in [0.29, 0.717) is 25.1 Å². The van der Waals surface area contributed by atoms with Crippen LogP contribution in [-0.4, -0.2) is 60.4 Å². The number of carbonyl (C=O) groups excluding carboxylic acids is 2. The van der Waals surface area contributed by atoms with Crippen LogP contribution in [0, 0.1) is 0 Å². The third kappa shape index (κ3) is 6.20. The van der Waals surface area contributed by atoms with Crippen LogP contribution in [0.2, 0.25) is 0 Å². The Hall–Kier alpha value is -1.82. The number of rotatable bonds is 9. The van der Waals surface area contributed by atoms with Gasteiger partial charge in [-0.05, 0) is 45.3 Å². The molecule has 140 valence electrons. The molecule has 1 aliphatic heterocycles. The van der Waals surface area contributed by atoms with Crippen molar-refractivity contribution in [3.8, 4) is 0 Å². The molecule has 6 nitrogen and oxygen atoms in total. The maximum absolute atomic E-state index is 12.6. The second-order valence-corrected chi connectivity index (χ2v) is 6.77. The monoisotopic (exact) mass is 349 g/mol. The van der Waals surface area contributed by atoms with E-state index in [1.54, 1.807) is 11.0 Å². The van der Waals surface area contributed by atoms with Crippen molar-refractivity contribution in [2.75, 3.05) is 32.7 Å². The predicted octanol–water partition coefficient (Wildman–Crippen LogP) is 2.51. The molecule has 1 aromatic heterocycles. The van der Waals surface area contributed by atoms with Crippen LogP contribution < -0.4 is 5.32 Å². The van der Waals surface area contributed by atoms with Crippen molar-refractivity contribution >= 4 is 11.8 Å². The summed E-state index contributed by atoms with van der Waals surface area (Å²) in [5, 5.41) is 2.98. The Balaban J connectivity index is 1.75. The van der Waals surface area contributed by atoms with Gasteiger partial charge in [0.1, 0.15) is 6.26 Å². The van der Waals surface area contributed by atoms with Crippen LogP contribution in [-0.2, 0) is 4.79 Å². The molecule has 2 rings (SSSR count). The highest BCUT2D eigenvalue weighted by molar-refractivity contribution is 5.94. The normalized spacial score (nSPS) is 16.4. The quantitative estimate of drug-likeness (QED) is 0.744. The van der Waals surface area contributed by atoms with Crippen LogP contribution in [0.4, 0.5) is 0 Å². The van der Waals surface area contributed by atoms with Crippen molar-refractivity contribution in [3.05, 3.63) is 24.2 Å². The Kier molecular flexibility index (Phi) is 7.98. The highest BCUT2D eigenvalue weighted by atomic mass is 16.3. The Morgan fingerprint density at radius 3 is 2.72 bits per heavy atom. The standard InChI is InChI=1S/C19H31N3O3/c1-3-16(2)22(19(24)17-8-14-25-15-17)12-7-18(23)20-9-13-21-10-5-4-6-11-21/h8,14-16H,3-7,9-13H2,1-2H3,(H,20,23). The number of amides is 2. The summed E-state index contributed by atoms with van der Waals surface area (Å²) >= 11 is 0. The fraction of sp³-hybridized carbons (Fsp3) is 0.684. The minimum Gasteiger partial charge on any atom is -0.472 e. The second-order valence-electron chi connectivity index (χ2n) is 6.77. The molecule has 1 saturated heterocycles. The van der Waals surface area contributed by atoms with Crippen molar-refractivity contribution in [3.63, 3.8) is 0 Å². The number of furan rings is 1. The summed E-state index contributed by atoms with van der Waals surface area (Å²) in [6, 6.07) is 1.75. The van der Waals surface area contributed by atoms with Gasteiger partial charge in [-0.3, -0.25) is 9.59 Å². The van der Waals surface area contributed by atoms with Crippen LogP contribution in [0.3, 0.4) is 0 Å². The van der Waals surface area contributed by atoms with Gasteiger partial charge in [-0.2, -0.15) is 0 Å². The number of hydrogen-bond donors (Lipinski definition) is 1. The summed E-state index contributed by atoms with van der Waals surface area (Å²) < 4.78 is 5.00. The van der Waals surface area contributed by atoms with Crippen molar-refractivity contribution in [1.82, 2.24) is 15.1 Å². The van der Waals surface area contributed by atoms with Crippen LogP contribution >= 0.6 is 0 Å². The fourth-order valence-corrected chi connectivity index (χ4v) is 3.14. The van der Waals surface area contributed by atoms with Gasteiger partial charge < -0.3 is 19.5 Å². The van der Waals surface area contributed by atoms with Gasteiger partial charge in [0.25, 0.3) is 5.91 Å². The highest BCUT2D eigenvalue weighted by Crippen LogP contribution is 2.12. The number of piperidine rings is 1. The molecule has 1 unspecified atom stereocenters. The molecule has 0 radical (unpaired) electrons. The summed E-state index contributed by atoms with van der Waals surface area (Å²) in [6.07, 6.45) is 7.96. The minimum atomic E-state index is -0.0794. The first-order valence-corrected chi connectivity index (χ1v) is 9.44. The summed E-state index contributed by atoms with van der Waals surface area (Å²) in [4.78, 5) is 28.8. The molecule has 2 amide bonds. The van der Waals surface area contributed by atoms with E-state index in [1.165, 1.54) is 31.8 Å². The van der Waals surface area contributed by atoms with Crippen molar-refractivity contribution in [2.45, 2.75) is 52.0 Å². The second kappa shape index (κ2) is 10.2. The Bertz CT molecular complexity index is 524. The average molecular weight is 349 g/mol. The molecule has 0 spiro atoms. The number of nitrogens with one attached hydrogen (secondary N) is 1. The predicted molar refractivity (Wildman–Crippen MR) is 97.4 cm³/mol. The molecule has 6 heteroatoms. The lowest BCUT2D eigenvalue weighted by molar-refractivity contribution is -0.121. The molecular formula is C19H31N3O3. The van der Waals surface area contributed by atoms with Crippen LogP contribution in [0.5, 0.6) is 0 Å². The van der Waals surface area contributed by atoms with Gasteiger partial charge in [0.15, 0.2) is 0 Å². The zero-order valence-electron chi connectivity index (χ0n) is 15.5. The summed E-state index contributed by atoms with van der Waals surface area (Å²) in [5.74, 6) is -0.0745. The zero-order valence-corrected chi connectivity index (χ0v) is 15.5. The highest BCUT2D eigenvalue weighted by Gasteiger charge is 2.22. The molecule has 0 bridgehead atoms. The number of hydrogen-bond acceptors (Lipinski definition) is 4. The van der Waals surface area contributed by atoms with Crippen molar-refractivity contribution < 1.29 is 14.0 Å². The maximum Gasteiger partial charge on any atom is 0.257 e. The van der Waals surface area contributed by atoms with Crippen LogP contribution in [0.25, 0.3) is 0 Å². The van der Waals surface area contributed by atoms with Gasteiger partial charge in [-0.15, -0.1) is 0 Å². The molecular weight excluding hydrogens is 318 g/mol. The van der Waals surface area contributed by atoms with Gasteiger partial charge in [0, 0.05) is 32.1 Å². The molecule has 1 fully saturated rings. The van der Waals surface area contributed by atoms with E-state index in [2.05, 4.69) is 10.2 Å². The molecule has 0 aromatic carbocycles. The lowest BCUT2D eigenvalue weighted by Gasteiger charge is -2.28. The van der Waals surface area contributed by atoms with E-state index in [0.717, 1.165) is 26.1 Å². The Morgan fingerprint density at radius 1 is 1.32 bits per heavy atom. The SMILES string of the molecule is CCC(C)N(CCC(=O)NCCN1CCCCC1)C(=O)c1ccoc1. The fourth-order valence-electron chi connectivity index (χ4n) is 3.14. The third-order valence-corrected chi connectivity index (χ3v) is 4.93. The molecule has 0 aliphatic carbocycles. The molecule has 2 heterocycles. The van der Waals surface area contributed by atoms with E-state index in [-0.39, 0.29) is 17.9 Å². The van der Waals surface area contributed by atoms with Crippen LogP contribution in [0.15, 0.2) is 23.0 Å². The maximum atomic E-state index is 12.6. The topological polar surface area (TPSA) is 65.8 Å². The molecule has 1 aromatic rings. The van der Waals surface area contributed by atoms with E-state index >= 15 is 0 Å². The first kappa shape index (κ1) is 19.5. The molecule has 25 heavy (non-hydrogen) atoms. The van der Waals surface area contributed by atoms with E-state index in [9.17, 15) is 9.59 Å². The van der Waals surface area contributed by atoms with Crippen molar-refractivity contribution in [1.29, 1.82) is 0 Å². The van der Waals surface area contributed by atoms with E-state index in [4.69, 9.17) is 4.42 Å². The molecule has 1 atom stereocenters.